The van der Waals surface area contributed by atoms with Crippen LogP contribution < -0.4 is 20.4 Å². The molecule has 31 heavy (non-hydrogen) atoms. The molecule has 1 aliphatic rings. The van der Waals surface area contributed by atoms with Crippen molar-refractivity contribution in [2.24, 2.45) is 4.99 Å². The maximum Gasteiger partial charge on any atom is 0.225 e. The Morgan fingerprint density at radius 1 is 1.06 bits per heavy atom. The van der Waals surface area contributed by atoms with E-state index in [1.54, 1.807) is 12.4 Å². The minimum absolute atomic E-state index is 0.830. The molecule has 3 rings (SSSR count). The average Bonchev–Trinajstić information content (AvgIpc) is 2.81. The van der Waals surface area contributed by atoms with E-state index in [4.69, 9.17) is 0 Å². The number of piperazine rings is 1. The van der Waals surface area contributed by atoms with Crippen LogP contribution >= 0.6 is 0 Å². The van der Waals surface area contributed by atoms with Crippen molar-refractivity contribution < 1.29 is 0 Å². The Kier molecular flexibility index (Phi) is 8.90. The van der Waals surface area contributed by atoms with Gasteiger partial charge in [-0.3, -0.25) is 9.89 Å². The molecular weight excluding hydrogens is 388 g/mol. The van der Waals surface area contributed by atoms with Gasteiger partial charge in [0.25, 0.3) is 0 Å². The quantitative estimate of drug-likeness (QED) is 0.468. The summed E-state index contributed by atoms with van der Waals surface area (Å²) in [5, 5.41) is 6.88. The highest BCUT2D eigenvalue weighted by atomic mass is 15.3. The molecule has 2 N–H and O–H groups in total. The van der Waals surface area contributed by atoms with Gasteiger partial charge >= 0.3 is 0 Å². The van der Waals surface area contributed by atoms with E-state index < -0.39 is 0 Å². The van der Waals surface area contributed by atoms with Crippen LogP contribution in [-0.2, 0) is 0 Å². The van der Waals surface area contributed by atoms with Crippen molar-refractivity contribution in [3.63, 3.8) is 0 Å². The minimum atomic E-state index is 0.830. The van der Waals surface area contributed by atoms with E-state index in [-0.39, 0.29) is 0 Å². The van der Waals surface area contributed by atoms with Crippen molar-refractivity contribution >= 4 is 17.6 Å². The van der Waals surface area contributed by atoms with Crippen LogP contribution in [0.1, 0.15) is 12.5 Å². The molecule has 2 aromatic rings. The highest BCUT2D eigenvalue weighted by molar-refractivity contribution is 5.79. The molecule has 1 aliphatic heterocycles. The summed E-state index contributed by atoms with van der Waals surface area (Å²) >= 11 is 0. The number of benzene rings is 1. The van der Waals surface area contributed by atoms with Gasteiger partial charge in [-0.05, 0) is 37.6 Å². The van der Waals surface area contributed by atoms with E-state index in [1.807, 2.05) is 13.1 Å². The number of guanidine groups is 1. The summed E-state index contributed by atoms with van der Waals surface area (Å²) in [6, 6.07) is 10.5. The summed E-state index contributed by atoms with van der Waals surface area (Å²) in [5.74, 6) is 1.69. The first-order valence-corrected chi connectivity index (χ1v) is 11.2. The van der Waals surface area contributed by atoms with E-state index in [0.29, 0.717) is 0 Å². The average molecular weight is 425 g/mol. The summed E-state index contributed by atoms with van der Waals surface area (Å²) in [4.78, 5) is 20.2. The first-order chi connectivity index (χ1) is 15.2. The van der Waals surface area contributed by atoms with Crippen molar-refractivity contribution in [3.05, 3.63) is 48.3 Å². The lowest BCUT2D eigenvalue weighted by Crippen LogP contribution is -2.50. The summed E-state index contributed by atoms with van der Waals surface area (Å²) in [7, 11) is 1.83. The number of rotatable bonds is 9. The third-order valence-corrected chi connectivity index (χ3v) is 5.57. The van der Waals surface area contributed by atoms with Crippen molar-refractivity contribution in [1.29, 1.82) is 0 Å². The standard InChI is InChI=1S/C23H36N8/c1-4-30(21-8-5-7-20(2)19-21)14-12-26-22(24-3)25-11-13-29-15-17-31(18-16-29)23-27-9-6-10-28-23/h5-10,19H,4,11-18H2,1-3H3,(H2,24,25,26). The van der Waals surface area contributed by atoms with Gasteiger partial charge in [0, 0.05) is 84.0 Å². The largest absolute Gasteiger partial charge is 0.370 e. The number of nitrogens with one attached hydrogen (secondary N) is 2. The predicted molar refractivity (Wildman–Crippen MR) is 129 cm³/mol. The summed E-state index contributed by atoms with van der Waals surface area (Å²) in [6.07, 6.45) is 3.61. The Balaban J connectivity index is 1.33. The summed E-state index contributed by atoms with van der Waals surface area (Å²) in [6.45, 7) is 12.9. The third kappa shape index (κ3) is 7.10. The zero-order chi connectivity index (χ0) is 21.9. The number of nitrogens with zero attached hydrogens (tertiary/aromatic N) is 6. The minimum Gasteiger partial charge on any atom is -0.370 e. The second-order valence-electron chi connectivity index (χ2n) is 7.72. The van der Waals surface area contributed by atoms with E-state index in [2.05, 4.69) is 78.4 Å². The van der Waals surface area contributed by atoms with Crippen LogP contribution in [0.3, 0.4) is 0 Å². The fourth-order valence-corrected chi connectivity index (χ4v) is 3.78. The summed E-state index contributed by atoms with van der Waals surface area (Å²) in [5.41, 5.74) is 2.56. The van der Waals surface area contributed by atoms with Crippen molar-refractivity contribution in [2.45, 2.75) is 13.8 Å². The lowest BCUT2D eigenvalue weighted by molar-refractivity contribution is 0.260. The first-order valence-electron chi connectivity index (χ1n) is 11.2. The van der Waals surface area contributed by atoms with Crippen LogP contribution in [0.5, 0.6) is 0 Å². The molecule has 1 aromatic carbocycles. The highest BCUT2D eigenvalue weighted by Crippen LogP contribution is 2.15. The van der Waals surface area contributed by atoms with Crippen molar-refractivity contribution in [2.75, 3.05) is 75.8 Å². The van der Waals surface area contributed by atoms with Gasteiger partial charge < -0.3 is 20.4 Å². The molecular formula is C23H36N8. The Bertz CT molecular complexity index is 802. The number of aromatic nitrogens is 2. The number of anilines is 2. The number of aryl methyl sites for hydroxylation is 1. The topological polar surface area (TPSA) is 71.9 Å². The lowest BCUT2D eigenvalue weighted by Gasteiger charge is -2.34. The molecule has 0 atom stereocenters. The van der Waals surface area contributed by atoms with E-state index >= 15 is 0 Å². The van der Waals surface area contributed by atoms with Crippen LogP contribution in [0, 0.1) is 6.92 Å². The molecule has 2 heterocycles. The van der Waals surface area contributed by atoms with Gasteiger partial charge in [0.15, 0.2) is 5.96 Å². The van der Waals surface area contributed by atoms with Gasteiger partial charge in [0.2, 0.25) is 5.95 Å². The number of hydrogen-bond donors (Lipinski definition) is 2. The number of hydrogen-bond acceptors (Lipinski definition) is 6. The van der Waals surface area contributed by atoms with E-state index in [9.17, 15) is 0 Å². The fourth-order valence-electron chi connectivity index (χ4n) is 3.78. The Hall–Kier alpha value is -2.87. The highest BCUT2D eigenvalue weighted by Gasteiger charge is 2.18. The molecule has 8 nitrogen and oxygen atoms in total. The molecule has 0 spiro atoms. The Labute approximate surface area is 186 Å². The smallest absolute Gasteiger partial charge is 0.225 e. The fraction of sp³-hybridized carbons (Fsp3) is 0.522. The number of likely N-dealkylation sites (N-methyl/N-ethyl adjacent to an activating group) is 1. The molecule has 0 amide bonds. The van der Waals surface area contributed by atoms with Gasteiger partial charge in [0.1, 0.15) is 0 Å². The van der Waals surface area contributed by atoms with Gasteiger partial charge in [0.05, 0.1) is 0 Å². The zero-order valence-corrected chi connectivity index (χ0v) is 19.1. The second kappa shape index (κ2) is 12.1. The normalized spacial score (nSPS) is 15.1. The van der Waals surface area contributed by atoms with Gasteiger partial charge in [-0.1, -0.05) is 12.1 Å². The van der Waals surface area contributed by atoms with Crippen molar-refractivity contribution in [1.82, 2.24) is 25.5 Å². The lowest BCUT2D eigenvalue weighted by atomic mass is 10.2. The predicted octanol–water partition coefficient (Wildman–Crippen LogP) is 1.60. The van der Waals surface area contributed by atoms with E-state index in [1.165, 1.54) is 11.3 Å². The summed E-state index contributed by atoms with van der Waals surface area (Å²) < 4.78 is 0. The van der Waals surface area contributed by atoms with Crippen LogP contribution in [0.4, 0.5) is 11.6 Å². The van der Waals surface area contributed by atoms with E-state index in [0.717, 1.165) is 70.8 Å². The molecule has 1 saturated heterocycles. The van der Waals surface area contributed by atoms with Gasteiger partial charge in [-0.25, -0.2) is 9.97 Å². The molecule has 168 valence electrons. The van der Waals surface area contributed by atoms with Crippen LogP contribution in [0.25, 0.3) is 0 Å². The molecule has 0 unspecified atom stereocenters. The molecule has 1 aromatic heterocycles. The SMILES string of the molecule is CCN(CCNC(=NC)NCCN1CCN(c2ncccn2)CC1)c1cccc(C)c1. The molecule has 8 heteroatoms. The maximum atomic E-state index is 4.36. The molecule has 0 bridgehead atoms. The van der Waals surface area contributed by atoms with Crippen LogP contribution in [0.15, 0.2) is 47.7 Å². The first kappa shape index (κ1) is 22.8. The van der Waals surface area contributed by atoms with Crippen molar-refractivity contribution in [3.8, 4) is 0 Å². The van der Waals surface area contributed by atoms with Gasteiger partial charge in [-0.2, -0.15) is 0 Å². The molecule has 1 fully saturated rings. The second-order valence-corrected chi connectivity index (χ2v) is 7.72. The zero-order valence-electron chi connectivity index (χ0n) is 19.1. The van der Waals surface area contributed by atoms with Gasteiger partial charge in [-0.15, -0.1) is 0 Å². The van der Waals surface area contributed by atoms with Crippen LogP contribution in [-0.4, -0.2) is 86.8 Å². The molecule has 0 saturated carbocycles. The monoisotopic (exact) mass is 424 g/mol. The number of aliphatic imine (C=N–C) groups is 1. The third-order valence-electron chi connectivity index (χ3n) is 5.57. The maximum absolute atomic E-state index is 4.36. The van der Waals surface area contributed by atoms with Crippen LogP contribution in [0.2, 0.25) is 0 Å². The Morgan fingerprint density at radius 2 is 1.81 bits per heavy atom. The Morgan fingerprint density at radius 3 is 2.48 bits per heavy atom. The molecule has 0 aliphatic carbocycles. The molecule has 0 radical (unpaired) electrons.